The lowest BCUT2D eigenvalue weighted by Crippen LogP contribution is -1.97. The summed E-state index contributed by atoms with van der Waals surface area (Å²) >= 11 is 1.76. The summed E-state index contributed by atoms with van der Waals surface area (Å²) in [4.78, 5) is 5.36. The summed E-state index contributed by atoms with van der Waals surface area (Å²) in [7, 11) is 0. The average molecular weight is 197 g/mol. The van der Waals surface area contributed by atoms with Crippen LogP contribution in [0.25, 0.3) is 0 Å². The number of aromatic nitrogens is 1. The van der Waals surface area contributed by atoms with Crippen LogP contribution in [0.5, 0.6) is 0 Å². The van der Waals surface area contributed by atoms with Gasteiger partial charge in [-0.3, -0.25) is 4.98 Å². The molecule has 1 heterocycles. The molecular formula is C10H15NOS. The highest BCUT2D eigenvalue weighted by Gasteiger charge is 2.05. The fourth-order valence-electron chi connectivity index (χ4n) is 1.05. The standard InChI is InChI=1S/C10H15NOS/c1-3-10(12)9-6-5-8(7-11-9)13-4-2/h5-7,10,12H,3-4H2,1-2H3. The van der Waals surface area contributed by atoms with Crippen LogP contribution in [0.3, 0.4) is 0 Å². The molecule has 0 spiro atoms. The molecule has 0 bridgehead atoms. The highest BCUT2D eigenvalue weighted by atomic mass is 32.2. The van der Waals surface area contributed by atoms with Crippen LogP contribution in [0, 0.1) is 0 Å². The Morgan fingerprint density at radius 3 is 2.69 bits per heavy atom. The Morgan fingerprint density at radius 2 is 2.23 bits per heavy atom. The summed E-state index contributed by atoms with van der Waals surface area (Å²) in [6, 6.07) is 3.90. The molecule has 0 aromatic carbocycles. The first-order chi connectivity index (χ1) is 6.27. The molecule has 0 aliphatic carbocycles. The summed E-state index contributed by atoms with van der Waals surface area (Å²) < 4.78 is 0. The van der Waals surface area contributed by atoms with Crippen molar-refractivity contribution in [2.75, 3.05) is 5.75 Å². The number of thioether (sulfide) groups is 1. The van der Waals surface area contributed by atoms with Crippen molar-refractivity contribution in [3.05, 3.63) is 24.0 Å². The van der Waals surface area contributed by atoms with Gasteiger partial charge in [-0.25, -0.2) is 0 Å². The molecule has 1 unspecified atom stereocenters. The van der Waals surface area contributed by atoms with Crippen molar-refractivity contribution in [3.8, 4) is 0 Å². The first kappa shape index (κ1) is 10.5. The van der Waals surface area contributed by atoms with E-state index in [1.165, 1.54) is 0 Å². The minimum Gasteiger partial charge on any atom is -0.387 e. The van der Waals surface area contributed by atoms with Gasteiger partial charge >= 0.3 is 0 Å². The van der Waals surface area contributed by atoms with E-state index in [-0.39, 0.29) is 0 Å². The van der Waals surface area contributed by atoms with E-state index >= 15 is 0 Å². The number of hydrogen-bond donors (Lipinski definition) is 1. The molecule has 0 amide bonds. The van der Waals surface area contributed by atoms with Crippen LogP contribution in [0.2, 0.25) is 0 Å². The minimum atomic E-state index is -0.416. The highest BCUT2D eigenvalue weighted by molar-refractivity contribution is 7.99. The van der Waals surface area contributed by atoms with Crippen molar-refractivity contribution in [2.45, 2.75) is 31.3 Å². The second-order valence-electron chi connectivity index (χ2n) is 2.78. The van der Waals surface area contributed by atoms with Gasteiger partial charge in [-0.05, 0) is 24.3 Å². The van der Waals surface area contributed by atoms with Gasteiger partial charge in [0.05, 0.1) is 11.8 Å². The van der Waals surface area contributed by atoms with E-state index in [0.29, 0.717) is 6.42 Å². The van der Waals surface area contributed by atoms with E-state index < -0.39 is 6.10 Å². The predicted octanol–water partition coefficient (Wildman–Crippen LogP) is 2.64. The maximum Gasteiger partial charge on any atom is 0.0957 e. The van der Waals surface area contributed by atoms with Gasteiger partial charge < -0.3 is 5.11 Å². The van der Waals surface area contributed by atoms with Gasteiger partial charge in [0.25, 0.3) is 0 Å². The largest absolute Gasteiger partial charge is 0.387 e. The first-order valence-electron chi connectivity index (χ1n) is 4.54. The average Bonchev–Trinajstić information content (AvgIpc) is 2.18. The van der Waals surface area contributed by atoms with Gasteiger partial charge in [0.2, 0.25) is 0 Å². The van der Waals surface area contributed by atoms with Crippen LogP contribution in [0.4, 0.5) is 0 Å². The van der Waals surface area contributed by atoms with Crippen molar-refractivity contribution in [1.29, 1.82) is 0 Å². The topological polar surface area (TPSA) is 33.1 Å². The van der Waals surface area contributed by atoms with E-state index in [2.05, 4.69) is 11.9 Å². The number of hydrogen-bond acceptors (Lipinski definition) is 3. The van der Waals surface area contributed by atoms with Crippen molar-refractivity contribution in [3.63, 3.8) is 0 Å². The van der Waals surface area contributed by atoms with Gasteiger partial charge in [0.1, 0.15) is 0 Å². The van der Waals surface area contributed by atoms with Crippen molar-refractivity contribution in [2.24, 2.45) is 0 Å². The molecule has 2 nitrogen and oxygen atoms in total. The van der Waals surface area contributed by atoms with Crippen LogP contribution in [0.1, 0.15) is 32.1 Å². The monoisotopic (exact) mass is 197 g/mol. The van der Waals surface area contributed by atoms with Crippen LogP contribution >= 0.6 is 11.8 Å². The lowest BCUT2D eigenvalue weighted by atomic mass is 10.2. The number of aliphatic hydroxyl groups excluding tert-OH is 1. The Hall–Kier alpha value is -0.540. The van der Waals surface area contributed by atoms with Crippen LogP contribution in [0.15, 0.2) is 23.2 Å². The molecule has 0 saturated carbocycles. The molecule has 0 saturated heterocycles. The van der Waals surface area contributed by atoms with Gasteiger partial charge in [-0.2, -0.15) is 0 Å². The number of pyridine rings is 1. The molecule has 13 heavy (non-hydrogen) atoms. The Labute approximate surface area is 83.4 Å². The predicted molar refractivity (Wildman–Crippen MR) is 55.9 cm³/mol. The fourth-order valence-corrected chi connectivity index (χ4v) is 1.67. The van der Waals surface area contributed by atoms with Gasteiger partial charge in [0, 0.05) is 11.1 Å². The van der Waals surface area contributed by atoms with Crippen molar-refractivity contribution >= 4 is 11.8 Å². The zero-order valence-corrected chi connectivity index (χ0v) is 8.84. The zero-order chi connectivity index (χ0) is 9.68. The molecule has 72 valence electrons. The maximum atomic E-state index is 9.48. The normalized spacial score (nSPS) is 12.8. The SMILES string of the molecule is CCSc1ccc(C(O)CC)nc1. The molecule has 0 fully saturated rings. The summed E-state index contributed by atoms with van der Waals surface area (Å²) in [5, 5.41) is 9.48. The van der Waals surface area contributed by atoms with Crippen molar-refractivity contribution in [1.82, 2.24) is 4.98 Å². The summed E-state index contributed by atoms with van der Waals surface area (Å²) in [5.74, 6) is 1.05. The molecule has 3 heteroatoms. The van der Waals surface area contributed by atoms with Gasteiger partial charge in [-0.1, -0.05) is 13.8 Å². The van der Waals surface area contributed by atoms with Gasteiger partial charge in [-0.15, -0.1) is 11.8 Å². The third kappa shape index (κ3) is 3.01. The maximum absolute atomic E-state index is 9.48. The molecule has 1 aromatic rings. The van der Waals surface area contributed by atoms with Gasteiger partial charge in [0.15, 0.2) is 0 Å². The van der Waals surface area contributed by atoms with E-state index in [1.54, 1.807) is 11.8 Å². The summed E-state index contributed by atoms with van der Waals surface area (Å²) in [6.07, 6.45) is 2.12. The smallest absolute Gasteiger partial charge is 0.0957 e. The molecule has 1 N–H and O–H groups in total. The number of nitrogens with zero attached hydrogens (tertiary/aromatic N) is 1. The number of rotatable bonds is 4. The Bertz CT molecular complexity index is 248. The lowest BCUT2D eigenvalue weighted by molar-refractivity contribution is 0.169. The highest BCUT2D eigenvalue weighted by Crippen LogP contribution is 2.19. The second kappa shape index (κ2) is 5.25. The molecule has 1 rings (SSSR count). The Morgan fingerprint density at radius 1 is 1.46 bits per heavy atom. The molecule has 0 aliphatic rings. The molecule has 1 atom stereocenters. The van der Waals surface area contributed by atoms with Crippen LogP contribution in [-0.4, -0.2) is 15.8 Å². The van der Waals surface area contributed by atoms with Crippen LogP contribution in [-0.2, 0) is 0 Å². The van der Waals surface area contributed by atoms with E-state index in [4.69, 9.17) is 0 Å². The third-order valence-electron chi connectivity index (χ3n) is 1.80. The molecule has 0 aliphatic heterocycles. The fraction of sp³-hybridized carbons (Fsp3) is 0.500. The second-order valence-corrected chi connectivity index (χ2v) is 4.11. The lowest BCUT2D eigenvalue weighted by Gasteiger charge is -2.06. The van der Waals surface area contributed by atoms with E-state index in [0.717, 1.165) is 16.3 Å². The van der Waals surface area contributed by atoms with E-state index in [9.17, 15) is 5.11 Å². The van der Waals surface area contributed by atoms with E-state index in [1.807, 2.05) is 25.3 Å². The zero-order valence-electron chi connectivity index (χ0n) is 8.03. The third-order valence-corrected chi connectivity index (χ3v) is 2.66. The quantitative estimate of drug-likeness (QED) is 0.753. The molecule has 1 aromatic heterocycles. The number of aliphatic hydroxyl groups is 1. The summed E-state index contributed by atoms with van der Waals surface area (Å²) in [5.41, 5.74) is 0.767. The Balaban J connectivity index is 2.69. The minimum absolute atomic E-state index is 0.416. The molecular weight excluding hydrogens is 182 g/mol. The molecule has 0 radical (unpaired) electrons. The van der Waals surface area contributed by atoms with Crippen molar-refractivity contribution < 1.29 is 5.11 Å². The first-order valence-corrected chi connectivity index (χ1v) is 5.53. The Kier molecular flexibility index (Phi) is 4.25. The summed E-state index contributed by atoms with van der Waals surface area (Å²) in [6.45, 7) is 4.06. The van der Waals surface area contributed by atoms with Crippen LogP contribution < -0.4 is 0 Å².